The molecule has 1 N–H and O–H groups in total. The largest absolute Gasteiger partial charge is 0.320 e. The summed E-state index contributed by atoms with van der Waals surface area (Å²) < 4.78 is 14.5. The first-order chi connectivity index (χ1) is 12.4. The topological polar surface area (TPSA) is 90.1 Å². The average molecular weight is 375 g/mol. The summed E-state index contributed by atoms with van der Waals surface area (Å²) in [4.78, 5) is 22.8. The zero-order valence-corrected chi connectivity index (χ0v) is 14.2. The van der Waals surface area contributed by atoms with Gasteiger partial charge in [0.25, 0.3) is 11.6 Å². The third-order valence-electron chi connectivity index (χ3n) is 3.75. The van der Waals surface area contributed by atoms with E-state index in [-0.39, 0.29) is 27.8 Å². The van der Waals surface area contributed by atoms with E-state index in [9.17, 15) is 19.3 Å². The molecule has 0 saturated carbocycles. The van der Waals surface area contributed by atoms with E-state index in [0.29, 0.717) is 11.4 Å². The summed E-state index contributed by atoms with van der Waals surface area (Å²) >= 11 is 5.98. The fourth-order valence-electron chi connectivity index (χ4n) is 2.42. The van der Waals surface area contributed by atoms with Crippen LogP contribution in [0.2, 0.25) is 5.02 Å². The van der Waals surface area contributed by atoms with Crippen LogP contribution in [0.15, 0.2) is 48.7 Å². The molecule has 26 heavy (non-hydrogen) atoms. The first kappa shape index (κ1) is 17.6. The van der Waals surface area contributed by atoms with Crippen molar-refractivity contribution in [2.45, 2.75) is 6.92 Å². The molecule has 132 valence electrons. The van der Waals surface area contributed by atoms with Gasteiger partial charge in [-0.2, -0.15) is 5.10 Å². The lowest BCUT2D eigenvalue weighted by Crippen LogP contribution is -2.13. The van der Waals surface area contributed by atoms with Gasteiger partial charge in [0.05, 0.1) is 33.8 Å². The number of carbonyl (C=O) groups is 1. The predicted molar refractivity (Wildman–Crippen MR) is 94.3 cm³/mol. The summed E-state index contributed by atoms with van der Waals surface area (Å²) in [6.45, 7) is 1.68. The third-order valence-corrected chi connectivity index (χ3v) is 4.15. The van der Waals surface area contributed by atoms with Crippen molar-refractivity contribution in [1.82, 2.24) is 9.78 Å². The maximum absolute atomic E-state index is 13.1. The van der Waals surface area contributed by atoms with Crippen molar-refractivity contribution in [1.29, 1.82) is 0 Å². The Morgan fingerprint density at radius 3 is 2.62 bits per heavy atom. The second-order valence-corrected chi connectivity index (χ2v) is 5.76. The Morgan fingerprint density at radius 2 is 1.96 bits per heavy atom. The maximum Gasteiger partial charge on any atom is 0.290 e. The number of anilines is 1. The van der Waals surface area contributed by atoms with Crippen LogP contribution < -0.4 is 5.32 Å². The van der Waals surface area contributed by atoms with E-state index in [1.54, 1.807) is 6.92 Å². The summed E-state index contributed by atoms with van der Waals surface area (Å²) in [5, 5.41) is 17.5. The third kappa shape index (κ3) is 3.27. The van der Waals surface area contributed by atoms with E-state index in [4.69, 9.17) is 11.6 Å². The SMILES string of the molecule is Cc1c(C(=O)Nc2cccc([N+](=O)[O-])c2Cl)cnn1-c1ccc(F)cc1. The quantitative estimate of drug-likeness (QED) is 0.549. The van der Waals surface area contributed by atoms with Crippen LogP contribution in [0.1, 0.15) is 16.1 Å². The van der Waals surface area contributed by atoms with Crippen LogP contribution in [0.5, 0.6) is 0 Å². The first-order valence-corrected chi connectivity index (χ1v) is 7.81. The van der Waals surface area contributed by atoms with Gasteiger partial charge in [0.1, 0.15) is 10.8 Å². The average Bonchev–Trinajstić information content (AvgIpc) is 2.99. The Balaban J connectivity index is 1.89. The Morgan fingerprint density at radius 1 is 1.27 bits per heavy atom. The van der Waals surface area contributed by atoms with E-state index in [1.165, 1.54) is 53.3 Å². The fourth-order valence-corrected chi connectivity index (χ4v) is 2.66. The molecular formula is C17H12ClFN4O3. The zero-order valence-electron chi connectivity index (χ0n) is 13.4. The molecular weight excluding hydrogens is 363 g/mol. The number of hydrogen-bond donors (Lipinski definition) is 1. The number of amides is 1. The molecule has 3 rings (SSSR count). The van der Waals surface area contributed by atoms with Gasteiger partial charge in [0, 0.05) is 6.07 Å². The normalized spacial score (nSPS) is 10.6. The van der Waals surface area contributed by atoms with Gasteiger partial charge < -0.3 is 5.32 Å². The summed E-state index contributed by atoms with van der Waals surface area (Å²) in [6.07, 6.45) is 1.36. The molecule has 2 aromatic carbocycles. The van der Waals surface area contributed by atoms with Crippen LogP contribution in [0.4, 0.5) is 15.8 Å². The second kappa shape index (κ2) is 6.93. The highest BCUT2D eigenvalue weighted by atomic mass is 35.5. The lowest BCUT2D eigenvalue weighted by Gasteiger charge is -2.08. The van der Waals surface area contributed by atoms with Gasteiger partial charge >= 0.3 is 0 Å². The molecule has 0 unspecified atom stereocenters. The molecule has 7 nitrogen and oxygen atoms in total. The van der Waals surface area contributed by atoms with Crippen molar-refractivity contribution >= 4 is 28.9 Å². The predicted octanol–water partition coefficient (Wildman–Crippen LogP) is 4.13. The fraction of sp³-hybridized carbons (Fsp3) is 0.0588. The number of halogens is 2. The van der Waals surface area contributed by atoms with Gasteiger partial charge in [0.15, 0.2) is 0 Å². The second-order valence-electron chi connectivity index (χ2n) is 5.38. The minimum absolute atomic E-state index is 0.125. The molecule has 0 bridgehead atoms. The minimum Gasteiger partial charge on any atom is -0.320 e. The van der Waals surface area contributed by atoms with Crippen molar-refractivity contribution in [2.24, 2.45) is 0 Å². The number of hydrogen-bond acceptors (Lipinski definition) is 4. The molecule has 0 aliphatic rings. The molecule has 0 spiro atoms. The van der Waals surface area contributed by atoms with Crippen LogP contribution in [-0.4, -0.2) is 20.6 Å². The lowest BCUT2D eigenvalue weighted by atomic mass is 10.2. The van der Waals surface area contributed by atoms with Crippen molar-refractivity contribution in [2.75, 3.05) is 5.32 Å². The van der Waals surface area contributed by atoms with E-state index in [0.717, 1.165) is 0 Å². The molecule has 0 radical (unpaired) electrons. The van der Waals surface area contributed by atoms with Crippen LogP contribution in [0, 0.1) is 22.9 Å². The van der Waals surface area contributed by atoms with Crippen molar-refractivity contribution in [3.05, 3.63) is 80.9 Å². The molecule has 1 aromatic heterocycles. The number of carbonyl (C=O) groups excluding carboxylic acids is 1. The van der Waals surface area contributed by atoms with Gasteiger partial charge in [-0.1, -0.05) is 17.7 Å². The van der Waals surface area contributed by atoms with Crippen molar-refractivity contribution in [3.63, 3.8) is 0 Å². The molecule has 1 amide bonds. The van der Waals surface area contributed by atoms with E-state index in [1.807, 2.05) is 0 Å². The number of nitro groups is 1. The molecule has 0 aliphatic carbocycles. The van der Waals surface area contributed by atoms with Crippen molar-refractivity contribution < 1.29 is 14.1 Å². The lowest BCUT2D eigenvalue weighted by molar-refractivity contribution is -0.384. The standard InChI is InChI=1S/C17H12ClFN4O3/c1-10-13(9-20-22(10)12-7-5-11(19)6-8-12)17(24)21-14-3-2-4-15(16(14)18)23(25)26/h2-9H,1H3,(H,21,24). The van der Waals surface area contributed by atoms with Gasteiger partial charge in [-0.25, -0.2) is 9.07 Å². The Hall–Kier alpha value is -3.26. The molecule has 0 aliphatic heterocycles. The zero-order chi connectivity index (χ0) is 18.8. The molecule has 0 atom stereocenters. The van der Waals surface area contributed by atoms with Gasteiger partial charge in [-0.15, -0.1) is 0 Å². The summed E-state index contributed by atoms with van der Waals surface area (Å²) in [7, 11) is 0. The van der Waals surface area contributed by atoms with Crippen LogP contribution >= 0.6 is 11.6 Å². The number of nitrogens with zero attached hydrogens (tertiary/aromatic N) is 3. The van der Waals surface area contributed by atoms with Crippen LogP contribution in [0.3, 0.4) is 0 Å². The van der Waals surface area contributed by atoms with Gasteiger partial charge in [-0.05, 0) is 37.3 Å². The first-order valence-electron chi connectivity index (χ1n) is 7.43. The monoisotopic (exact) mass is 374 g/mol. The number of benzene rings is 2. The number of aromatic nitrogens is 2. The summed E-state index contributed by atoms with van der Waals surface area (Å²) in [6, 6.07) is 9.79. The molecule has 0 fully saturated rings. The Labute approximate surface area is 152 Å². The highest BCUT2D eigenvalue weighted by molar-refractivity contribution is 6.36. The minimum atomic E-state index is -0.629. The molecule has 0 saturated heterocycles. The molecule has 1 heterocycles. The summed E-state index contributed by atoms with van der Waals surface area (Å²) in [5.41, 5.74) is 1.20. The smallest absolute Gasteiger partial charge is 0.290 e. The van der Waals surface area contributed by atoms with E-state index in [2.05, 4.69) is 10.4 Å². The number of rotatable bonds is 4. The number of nitro benzene ring substituents is 1. The van der Waals surface area contributed by atoms with Crippen molar-refractivity contribution in [3.8, 4) is 5.69 Å². The van der Waals surface area contributed by atoms with Crippen LogP contribution in [-0.2, 0) is 0 Å². The Kier molecular flexibility index (Phi) is 4.68. The highest BCUT2D eigenvalue weighted by Crippen LogP contribution is 2.32. The molecule has 9 heteroatoms. The van der Waals surface area contributed by atoms with E-state index >= 15 is 0 Å². The van der Waals surface area contributed by atoms with Gasteiger partial charge in [0.2, 0.25) is 0 Å². The Bertz CT molecular complexity index is 1000. The van der Waals surface area contributed by atoms with E-state index < -0.39 is 10.8 Å². The molecule has 3 aromatic rings. The van der Waals surface area contributed by atoms with Gasteiger partial charge in [-0.3, -0.25) is 14.9 Å². The van der Waals surface area contributed by atoms with Crippen LogP contribution in [0.25, 0.3) is 5.69 Å². The number of nitrogens with one attached hydrogen (secondary N) is 1. The maximum atomic E-state index is 13.1. The summed E-state index contributed by atoms with van der Waals surface area (Å²) in [5.74, 6) is -0.893. The highest BCUT2D eigenvalue weighted by Gasteiger charge is 2.20.